The highest BCUT2D eigenvalue weighted by Gasteiger charge is 2.37. The van der Waals surface area contributed by atoms with Crippen LogP contribution in [-0.4, -0.2) is 28.2 Å². The van der Waals surface area contributed by atoms with Crippen LogP contribution in [0.2, 0.25) is 0 Å². The van der Waals surface area contributed by atoms with Crippen LogP contribution in [0.5, 0.6) is 0 Å². The Hall–Kier alpha value is -11.5. The van der Waals surface area contributed by atoms with Crippen molar-refractivity contribution in [2.45, 2.75) is 27.7 Å². The normalized spacial score (nSPS) is 12.0. The van der Waals surface area contributed by atoms with Crippen molar-refractivity contribution < 1.29 is 4.42 Å². The van der Waals surface area contributed by atoms with Gasteiger partial charge in [0.2, 0.25) is 5.89 Å². The number of rotatable bonds is 8. The highest BCUT2D eigenvalue weighted by atomic mass is 16.3. The molecule has 0 aliphatic rings. The quantitative estimate of drug-likeness (QED) is 0.152. The van der Waals surface area contributed by atoms with E-state index in [2.05, 4.69) is 301 Å². The Balaban J connectivity index is 1.23. The predicted octanol–water partition coefficient (Wildman–Crippen LogP) is 21.5. The summed E-state index contributed by atoms with van der Waals surface area (Å²) in [5, 5.41) is 9.17. The third-order valence-electron chi connectivity index (χ3n) is 18.4. The Kier molecular flexibility index (Phi) is 11.1. The van der Waals surface area contributed by atoms with Gasteiger partial charge in [-0.15, -0.1) is 0 Å². The molecular weight excluding hydrogens is 1080 g/mol. The zero-order valence-corrected chi connectivity index (χ0v) is 49.5. The lowest BCUT2D eigenvalue weighted by Crippen LogP contribution is -2.16. The van der Waals surface area contributed by atoms with Crippen molar-refractivity contribution in [1.29, 1.82) is 0 Å². The molecule has 0 spiro atoms. The number of para-hydroxylation sites is 6. The number of oxazole rings is 1. The van der Waals surface area contributed by atoms with E-state index in [0.717, 1.165) is 155 Å². The molecule has 0 unspecified atom stereocenters. The fourth-order valence-electron chi connectivity index (χ4n) is 14.5. The molecular formula is C82H56N6O. The first kappa shape index (κ1) is 50.8. The molecule has 0 aliphatic carbocycles. The zero-order valence-electron chi connectivity index (χ0n) is 49.5. The maximum atomic E-state index is 7.58. The van der Waals surface area contributed by atoms with E-state index >= 15 is 0 Å². The molecule has 12 aromatic carbocycles. The summed E-state index contributed by atoms with van der Waals surface area (Å²) in [5.41, 5.74) is 24.7. The lowest BCUT2D eigenvalue weighted by atomic mass is 9.91. The molecule has 0 atom stereocenters. The highest BCUT2D eigenvalue weighted by molar-refractivity contribution is 6.19. The van der Waals surface area contributed by atoms with E-state index in [1.54, 1.807) is 0 Å². The minimum absolute atomic E-state index is 0.483. The number of pyridine rings is 1. The fourth-order valence-corrected chi connectivity index (χ4v) is 14.5. The van der Waals surface area contributed by atoms with Crippen molar-refractivity contribution in [3.05, 3.63) is 289 Å². The first-order chi connectivity index (χ1) is 43.8. The van der Waals surface area contributed by atoms with Crippen LogP contribution in [0.1, 0.15) is 22.3 Å². The second kappa shape index (κ2) is 19.5. The van der Waals surface area contributed by atoms with Crippen molar-refractivity contribution in [2.24, 2.45) is 0 Å². The molecule has 0 fully saturated rings. The Labute approximate surface area is 512 Å². The van der Waals surface area contributed by atoms with Gasteiger partial charge < -0.3 is 22.7 Å². The van der Waals surface area contributed by atoms with Gasteiger partial charge in [0.15, 0.2) is 5.58 Å². The molecule has 6 heterocycles. The topological polar surface area (TPSA) is 58.6 Å². The van der Waals surface area contributed by atoms with Crippen molar-refractivity contribution >= 4 is 98.3 Å². The molecule has 0 radical (unpaired) electrons. The summed E-state index contributed by atoms with van der Waals surface area (Å²) in [6, 6.07) is 97.7. The van der Waals surface area contributed by atoms with E-state index < -0.39 is 0 Å². The van der Waals surface area contributed by atoms with E-state index in [1.165, 1.54) is 22.3 Å². The molecule has 0 aliphatic heterocycles. The van der Waals surface area contributed by atoms with Crippen LogP contribution in [0.4, 0.5) is 0 Å². The fraction of sp³-hybridized carbons (Fsp3) is 0.0488. The van der Waals surface area contributed by atoms with E-state index in [1.807, 2.05) is 12.1 Å². The number of fused-ring (bicyclic) bond motifs is 13. The van der Waals surface area contributed by atoms with Gasteiger partial charge in [0.05, 0.1) is 83.8 Å². The summed E-state index contributed by atoms with van der Waals surface area (Å²) in [7, 11) is 0. The molecule has 0 amide bonds. The first-order valence-electron chi connectivity index (χ1n) is 30.6. The van der Waals surface area contributed by atoms with Gasteiger partial charge in [0.1, 0.15) is 5.52 Å². The minimum Gasteiger partial charge on any atom is -0.436 e. The summed E-state index contributed by atoms with van der Waals surface area (Å²) in [6.07, 6.45) is 0. The molecule has 7 heteroatoms. The lowest BCUT2D eigenvalue weighted by molar-refractivity contribution is 0.619. The third kappa shape index (κ3) is 7.65. The van der Waals surface area contributed by atoms with Crippen molar-refractivity contribution in [3.63, 3.8) is 0 Å². The molecule has 0 bridgehead atoms. The SMILES string of the molecule is Cc1ccc2c(c1)c1ccccc1n2-c1c(-c2cc(-c3ccccc3)nc(-c3ccccc3)c2)c(-n2c3ccccc3c3cc(C)ccc32)c(-n2c3ccccc3c3cc(C)ccc32)c(-n2c3ccccc3c3cc(C)ccc32)c1-c1nc2ccccc2o1. The third-order valence-corrected chi connectivity index (χ3v) is 18.4. The molecule has 420 valence electrons. The molecule has 0 saturated heterocycles. The van der Waals surface area contributed by atoms with E-state index in [0.29, 0.717) is 11.5 Å². The average Bonchev–Trinajstić information content (AvgIpc) is 1.61. The average molecular weight is 1140 g/mol. The number of nitrogens with zero attached hydrogens (tertiary/aromatic N) is 6. The summed E-state index contributed by atoms with van der Waals surface area (Å²) in [6.45, 7) is 8.79. The maximum absolute atomic E-state index is 7.58. The van der Waals surface area contributed by atoms with Crippen LogP contribution in [0.3, 0.4) is 0 Å². The minimum atomic E-state index is 0.483. The Morgan fingerprint density at radius 1 is 0.258 bits per heavy atom. The second-order valence-corrected chi connectivity index (χ2v) is 24.0. The van der Waals surface area contributed by atoms with Gasteiger partial charge in [-0.3, -0.25) is 0 Å². The van der Waals surface area contributed by atoms with Gasteiger partial charge in [-0.2, -0.15) is 0 Å². The van der Waals surface area contributed by atoms with E-state index in [9.17, 15) is 0 Å². The van der Waals surface area contributed by atoms with Gasteiger partial charge in [-0.25, -0.2) is 9.97 Å². The standard InChI is InChI=1S/C82H56N6O/c1-49-35-39-71-60(43-49)56-25-11-16-30-67(56)85(71)78-76(55-47-65(53-21-7-5-8-22-53)83-66(48-55)54-23-9-6-10-24-54)79(86-68-31-17-12-26-57(68)61-44-50(2)36-40-72(61)86)81(88-70-33-19-14-28-59(70)63-46-52(4)38-42-74(63)88)80(77(78)82-84-64-29-15-20-34-75(64)89-82)87-69-32-18-13-27-58(69)62-45-51(3)37-41-73(62)87/h5-48H,1-4H3. The second-order valence-electron chi connectivity index (χ2n) is 24.0. The smallest absolute Gasteiger partial charge is 0.231 e. The predicted molar refractivity (Wildman–Crippen MR) is 370 cm³/mol. The van der Waals surface area contributed by atoms with Crippen molar-refractivity contribution in [1.82, 2.24) is 28.2 Å². The molecule has 0 N–H and O–H groups in total. The Bertz CT molecular complexity index is 5880. The van der Waals surface area contributed by atoms with Gasteiger partial charge >= 0.3 is 0 Å². The number of benzene rings is 12. The number of hydrogen-bond acceptors (Lipinski definition) is 3. The summed E-state index contributed by atoms with van der Waals surface area (Å²) in [5.74, 6) is 0.483. The van der Waals surface area contributed by atoms with E-state index in [4.69, 9.17) is 14.4 Å². The molecule has 18 rings (SSSR count). The van der Waals surface area contributed by atoms with Gasteiger partial charge in [0, 0.05) is 59.8 Å². The van der Waals surface area contributed by atoms with Crippen molar-refractivity contribution in [2.75, 3.05) is 0 Å². The monoisotopic (exact) mass is 1140 g/mol. The number of aromatic nitrogens is 6. The zero-order chi connectivity index (χ0) is 59.2. The summed E-state index contributed by atoms with van der Waals surface area (Å²) >= 11 is 0. The van der Waals surface area contributed by atoms with Crippen LogP contribution in [0.25, 0.3) is 166 Å². The van der Waals surface area contributed by atoms with Crippen LogP contribution in [0, 0.1) is 27.7 Å². The molecule has 18 aromatic rings. The summed E-state index contributed by atoms with van der Waals surface area (Å²) in [4.78, 5) is 11.4. The van der Waals surface area contributed by atoms with Gasteiger partial charge in [-0.05, 0) is 130 Å². The van der Waals surface area contributed by atoms with Gasteiger partial charge in [-0.1, -0.05) is 192 Å². The Morgan fingerprint density at radius 2 is 0.596 bits per heavy atom. The lowest BCUT2D eigenvalue weighted by Gasteiger charge is -2.30. The van der Waals surface area contributed by atoms with Gasteiger partial charge in [0.25, 0.3) is 0 Å². The maximum Gasteiger partial charge on any atom is 0.231 e. The van der Waals surface area contributed by atoms with Crippen molar-refractivity contribution in [3.8, 4) is 67.8 Å². The van der Waals surface area contributed by atoms with Crippen LogP contribution < -0.4 is 0 Å². The van der Waals surface area contributed by atoms with Crippen LogP contribution in [0.15, 0.2) is 271 Å². The number of hydrogen-bond donors (Lipinski definition) is 0. The summed E-state index contributed by atoms with van der Waals surface area (Å²) < 4.78 is 17.8. The molecule has 7 nitrogen and oxygen atoms in total. The van der Waals surface area contributed by atoms with E-state index in [-0.39, 0.29) is 0 Å². The molecule has 0 saturated carbocycles. The van der Waals surface area contributed by atoms with Crippen LogP contribution >= 0.6 is 0 Å². The number of aryl methyl sites for hydroxylation is 4. The molecule has 6 aromatic heterocycles. The molecule has 89 heavy (non-hydrogen) atoms. The highest BCUT2D eigenvalue weighted by Crippen LogP contribution is 2.55. The largest absolute Gasteiger partial charge is 0.436 e. The van der Waals surface area contributed by atoms with Crippen LogP contribution in [-0.2, 0) is 0 Å². The Morgan fingerprint density at radius 3 is 1.01 bits per heavy atom. The first-order valence-corrected chi connectivity index (χ1v) is 30.6.